The average molecular weight is 268 g/mol. The van der Waals surface area contributed by atoms with Crippen LogP contribution in [0.3, 0.4) is 0 Å². The van der Waals surface area contributed by atoms with Gasteiger partial charge in [-0.3, -0.25) is 4.98 Å². The van der Waals surface area contributed by atoms with Crippen molar-refractivity contribution in [3.8, 4) is 11.5 Å². The number of H-pyrrole nitrogens is 1. The molecule has 2 atom stereocenters. The van der Waals surface area contributed by atoms with E-state index in [1.54, 1.807) is 6.20 Å². The van der Waals surface area contributed by atoms with E-state index in [1.807, 2.05) is 18.3 Å². The monoisotopic (exact) mass is 268 g/mol. The van der Waals surface area contributed by atoms with Crippen LogP contribution in [0, 0.1) is 5.92 Å². The number of nitrogens with one attached hydrogen (secondary N) is 1. The van der Waals surface area contributed by atoms with Gasteiger partial charge in [-0.2, -0.15) is 4.98 Å². The largest absolute Gasteiger partial charge is 0.361 e. The standard InChI is InChI=1S/C15H16N4O/c1-2-3-9-8-11(9)15-18-14(19-20-15)13-10-4-6-16-12(10)5-7-17-13/h4-7,9,11,16H,2-3,8H2,1H3/t9-,11-/m1/s1. The van der Waals surface area contributed by atoms with Crippen LogP contribution in [0.15, 0.2) is 29.0 Å². The van der Waals surface area contributed by atoms with Gasteiger partial charge in [0.2, 0.25) is 11.7 Å². The third-order valence-corrected chi connectivity index (χ3v) is 4.03. The van der Waals surface area contributed by atoms with Crippen molar-refractivity contribution in [2.75, 3.05) is 0 Å². The van der Waals surface area contributed by atoms with Gasteiger partial charge < -0.3 is 9.51 Å². The van der Waals surface area contributed by atoms with Gasteiger partial charge >= 0.3 is 0 Å². The van der Waals surface area contributed by atoms with Gasteiger partial charge in [-0.05, 0) is 30.9 Å². The minimum atomic E-state index is 0.460. The quantitative estimate of drug-likeness (QED) is 0.786. The molecular weight excluding hydrogens is 252 g/mol. The second-order valence-electron chi connectivity index (χ2n) is 5.45. The Labute approximate surface area is 116 Å². The predicted molar refractivity (Wildman–Crippen MR) is 75.1 cm³/mol. The highest BCUT2D eigenvalue weighted by Crippen LogP contribution is 2.49. The molecule has 5 heteroatoms. The molecule has 3 aromatic heterocycles. The van der Waals surface area contributed by atoms with Crippen molar-refractivity contribution in [2.24, 2.45) is 5.92 Å². The topological polar surface area (TPSA) is 67.6 Å². The fraction of sp³-hybridized carbons (Fsp3) is 0.400. The number of aromatic nitrogens is 4. The number of rotatable bonds is 4. The third-order valence-electron chi connectivity index (χ3n) is 4.03. The van der Waals surface area contributed by atoms with Gasteiger partial charge in [-0.25, -0.2) is 0 Å². The molecular formula is C15H16N4O. The summed E-state index contributed by atoms with van der Waals surface area (Å²) in [7, 11) is 0. The first-order chi connectivity index (χ1) is 9.86. The van der Waals surface area contributed by atoms with E-state index in [1.165, 1.54) is 19.3 Å². The van der Waals surface area contributed by atoms with Crippen LogP contribution in [-0.2, 0) is 0 Å². The Kier molecular flexibility index (Phi) is 2.58. The van der Waals surface area contributed by atoms with Gasteiger partial charge in [0.05, 0.1) is 0 Å². The normalized spacial score (nSPS) is 21.4. The number of nitrogens with zero attached hydrogens (tertiary/aromatic N) is 3. The van der Waals surface area contributed by atoms with E-state index in [-0.39, 0.29) is 0 Å². The molecule has 3 heterocycles. The zero-order valence-corrected chi connectivity index (χ0v) is 11.3. The maximum Gasteiger partial charge on any atom is 0.230 e. The van der Waals surface area contributed by atoms with E-state index >= 15 is 0 Å². The first kappa shape index (κ1) is 11.6. The van der Waals surface area contributed by atoms with Crippen molar-refractivity contribution in [1.82, 2.24) is 20.1 Å². The summed E-state index contributed by atoms with van der Waals surface area (Å²) in [4.78, 5) is 12.1. The van der Waals surface area contributed by atoms with Crippen molar-refractivity contribution in [1.29, 1.82) is 0 Å². The van der Waals surface area contributed by atoms with Crippen molar-refractivity contribution in [3.05, 3.63) is 30.4 Å². The molecule has 0 bridgehead atoms. The molecule has 20 heavy (non-hydrogen) atoms. The Balaban J connectivity index is 1.67. The molecule has 1 fully saturated rings. The predicted octanol–water partition coefficient (Wildman–Crippen LogP) is 3.52. The maximum absolute atomic E-state index is 5.43. The Morgan fingerprint density at radius 1 is 1.40 bits per heavy atom. The van der Waals surface area contributed by atoms with Crippen LogP contribution in [0.5, 0.6) is 0 Å². The summed E-state index contributed by atoms with van der Waals surface area (Å²) >= 11 is 0. The van der Waals surface area contributed by atoms with Gasteiger partial charge in [0.25, 0.3) is 0 Å². The summed E-state index contributed by atoms with van der Waals surface area (Å²) in [6, 6.07) is 3.93. The minimum absolute atomic E-state index is 0.460. The summed E-state index contributed by atoms with van der Waals surface area (Å²) < 4.78 is 5.43. The SMILES string of the molecule is CCC[C@@H]1C[C@H]1c1nc(-c2nccc3[nH]ccc23)no1. The number of aromatic amines is 1. The maximum atomic E-state index is 5.43. The Morgan fingerprint density at radius 3 is 3.25 bits per heavy atom. The zero-order chi connectivity index (χ0) is 13.5. The van der Waals surface area contributed by atoms with Gasteiger partial charge in [-0.1, -0.05) is 18.5 Å². The molecule has 0 saturated heterocycles. The highest BCUT2D eigenvalue weighted by atomic mass is 16.5. The Morgan fingerprint density at radius 2 is 2.35 bits per heavy atom. The number of pyridine rings is 1. The van der Waals surface area contributed by atoms with Crippen molar-refractivity contribution in [2.45, 2.75) is 32.1 Å². The lowest BCUT2D eigenvalue weighted by Gasteiger charge is -1.95. The van der Waals surface area contributed by atoms with Gasteiger partial charge in [0, 0.05) is 29.2 Å². The lowest BCUT2D eigenvalue weighted by molar-refractivity contribution is 0.374. The average Bonchev–Trinajstić information content (AvgIpc) is 2.93. The summed E-state index contributed by atoms with van der Waals surface area (Å²) in [5, 5.41) is 5.14. The van der Waals surface area contributed by atoms with Crippen LogP contribution in [0.25, 0.3) is 22.4 Å². The molecule has 1 saturated carbocycles. The second-order valence-corrected chi connectivity index (χ2v) is 5.45. The first-order valence-corrected chi connectivity index (χ1v) is 7.13. The Bertz CT molecular complexity index is 745. The summed E-state index contributed by atoms with van der Waals surface area (Å²) in [5.74, 6) is 2.55. The molecule has 1 aliphatic carbocycles. The first-order valence-electron chi connectivity index (χ1n) is 7.13. The molecule has 1 N–H and O–H groups in total. The number of hydrogen-bond acceptors (Lipinski definition) is 4. The van der Waals surface area contributed by atoms with E-state index in [9.17, 15) is 0 Å². The summed E-state index contributed by atoms with van der Waals surface area (Å²) in [5.41, 5.74) is 1.82. The lowest BCUT2D eigenvalue weighted by Crippen LogP contribution is -1.88. The molecule has 0 aliphatic heterocycles. The van der Waals surface area contributed by atoms with Crippen LogP contribution < -0.4 is 0 Å². The van der Waals surface area contributed by atoms with Crippen molar-refractivity contribution in [3.63, 3.8) is 0 Å². The number of fused-ring (bicyclic) bond motifs is 1. The molecule has 3 aromatic rings. The molecule has 1 aliphatic rings. The van der Waals surface area contributed by atoms with Gasteiger partial charge in [0.1, 0.15) is 5.69 Å². The summed E-state index contributed by atoms with van der Waals surface area (Å²) in [6.45, 7) is 2.21. The highest BCUT2D eigenvalue weighted by molar-refractivity contribution is 5.90. The van der Waals surface area contributed by atoms with E-state index in [0.717, 1.165) is 28.4 Å². The van der Waals surface area contributed by atoms with Crippen molar-refractivity contribution < 1.29 is 4.52 Å². The molecule has 0 amide bonds. The van der Waals surface area contributed by atoms with Crippen LogP contribution in [0.2, 0.25) is 0 Å². The molecule has 5 nitrogen and oxygen atoms in total. The van der Waals surface area contributed by atoms with E-state index in [2.05, 4.69) is 27.0 Å². The van der Waals surface area contributed by atoms with E-state index in [4.69, 9.17) is 4.52 Å². The Hall–Kier alpha value is -2.17. The van der Waals surface area contributed by atoms with E-state index in [0.29, 0.717) is 11.7 Å². The molecule has 0 unspecified atom stereocenters. The zero-order valence-electron chi connectivity index (χ0n) is 11.3. The van der Waals surface area contributed by atoms with Crippen LogP contribution in [0.1, 0.15) is 38.0 Å². The molecule has 102 valence electrons. The third kappa shape index (κ3) is 1.81. The van der Waals surface area contributed by atoms with Crippen LogP contribution in [-0.4, -0.2) is 20.1 Å². The molecule has 0 spiro atoms. The molecule has 0 aromatic carbocycles. The number of hydrogen-bond donors (Lipinski definition) is 1. The smallest absolute Gasteiger partial charge is 0.230 e. The molecule has 4 rings (SSSR count). The second kappa shape index (κ2) is 4.44. The minimum Gasteiger partial charge on any atom is -0.361 e. The summed E-state index contributed by atoms with van der Waals surface area (Å²) in [6.07, 6.45) is 7.30. The van der Waals surface area contributed by atoms with Gasteiger partial charge in [-0.15, -0.1) is 0 Å². The molecule has 0 radical (unpaired) electrons. The fourth-order valence-electron chi connectivity index (χ4n) is 2.88. The van der Waals surface area contributed by atoms with Gasteiger partial charge in [0.15, 0.2) is 0 Å². The highest BCUT2D eigenvalue weighted by Gasteiger charge is 2.41. The van der Waals surface area contributed by atoms with Crippen LogP contribution in [0.4, 0.5) is 0 Å². The fourth-order valence-corrected chi connectivity index (χ4v) is 2.88. The van der Waals surface area contributed by atoms with E-state index < -0.39 is 0 Å². The lowest BCUT2D eigenvalue weighted by atomic mass is 10.2. The van der Waals surface area contributed by atoms with Crippen molar-refractivity contribution >= 4 is 10.9 Å². The van der Waals surface area contributed by atoms with Crippen LogP contribution >= 0.6 is 0 Å².